The maximum absolute atomic E-state index is 10.4. The predicted octanol–water partition coefficient (Wildman–Crippen LogP) is 2.39. The van der Waals surface area contributed by atoms with Gasteiger partial charge in [-0.05, 0) is 25.0 Å². The molecule has 0 bridgehead atoms. The van der Waals surface area contributed by atoms with Crippen LogP contribution in [0.5, 0.6) is 5.75 Å². The molecule has 0 saturated carbocycles. The first-order valence-electron chi connectivity index (χ1n) is 5.71. The Bertz CT molecular complexity index is 365. The zero-order chi connectivity index (χ0) is 12.7. The summed E-state index contributed by atoms with van der Waals surface area (Å²) in [5.74, 6) is 0.109. The molecule has 94 valence electrons. The first-order chi connectivity index (χ1) is 8.15. The molecule has 0 heterocycles. The van der Waals surface area contributed by atoms with E-state index in [1.54, 1.807) is 7.11 Å². The van der Waals surface area contributed by atoms with E-state index in [-0.39, 0.29) is 6.42 Å². The average Bonchev–Trinajstić information content (AvgIpc) is 2.34. The number of anilines is 1. The lowest BCUT2D eigenvalue weighted by Gasteiger charge is -2.21. The number of aliphatic carboxylic acids is 1. The van der Waals surface area contributed by atoms with E-state index in [9.17, 15) is 4.79 Å². The Morgan fingerprint density at radius 2 is 2.06 bits per heavy atom. The van der Waals surface area contributed by atoms with E-state index < -0.39 is 5.97 Å². The topological polar surface area (TPSA) is 49.8 Å². The summed E-state index contributed by atoms with van der Waals surface area (Å²) in [6.45, 7) is 0.827. The van der Waals surface area contributed by atoms with E-state index in [1.165, 1.54) is 0 Å². The molecule has 0 aromatic heterocycles. The van der Waals surface area contributed by atoms with Gasteiger partial charge in [0, 0.05) is 20.0 Å². The summed E-state index contributed by atoms with van der Waals surface area (Å²) in [5, 5.41) is 8.54. The summed E-state index contributed by atoms with van der Waals surface area (Å²) < 4.78 is 5.28. The maximum atomic E-state index is 10.4. The molecule has 0 saturated heterocycles. The van der Waals surface area contributed by atoms with Crippen LogP contribution in [0, 0.1) is 0 Å². The molecule has 0 aliphatic carbocycles. The van der Waals surface area contributed by atoms with Gasteiger partial charge in [0.1, 0.15) is 5.75 Å². The molecule has 0 unspecified atom stereocenters. The monoisotopic (exact) mass is 237 g/mol. The number of nitrogens with zero attached hydrogens (tertiary/aromatic N) is 1. The summed E-state index contributed by atoms with van der Waals surface area (Å²) in [5.41, 5.74) is 1.03. The van der Waals surface area contributed by atoms with E-state index in [4.69, 9.17) is 9.84 Å². The molecule has 0 aliphatic rings. The van der Waals surface area contributed by atoms with Crippen LogP contribution in [-0.2, 0) is 4.79 Å². The number of unbranched alkanes of at least 4 members (excludes halogenated alkanes) is 1. The predicted molar refractivity (Wildman–Crippen MR) is 67.8 cm³/mol. The van der Waals surface area contributed by atoms with Gasteiger partial charge >= 0.3 is 5.97 Å². The minimum atomic E-state index is -0.732. The van der Waals surface area contributed by atoms with Crippen molar-refractivity contribution in [1.82, 2.24) is 0 Å². The SMILES string of the molecule is COc1ccccc1N(C)CCCCC(=O)O. The quantitative estimate of drug-likeness (QED) is 0.740. The number of rotatable bonds is 7. The summed E-state index contributed by atoms with van der Waals surface area (Å²) in [4.78, 5) is 12.5. The molecule has 1 aromatic carbocycles. The number of carboxylic acid groups (broad SMARTS) is 1. The Balaban J connectivity index is 2.46. The molecule has 1 aromatic rings. The second kappa shape index (κ2) is 6.78. The molecule has 1 N–H and O–H groups in total. The van der Waals surface area contributed by atoms with Gasteiger partial charge in [-0.2, -0.15) is 0 Å². The van der Waals surface area contributed by atoms with Crippen molar-refractivity contribution in [3.63, 3.8) is 0 Å². The third-order valence-electron chi connectivity index (χ3n) is 2.63. The summed E-state index contributed by atoms with van der Waals surface area (Å²) >= 11 is 0. The fourth-order valence-corrected chi connectivity index (χ4v) is 1.69. The van der Waals surface area contributed by atoms with Crippen molar-refractivity contribution in [3.8, 4) is 5.75 Å². The molecule has 0 atom stereocenters. The number of hydrogen-bond acceptors (Lipinski definition) is 3. The Kier molecular flexibility index (Phi) is 5.33. The van der Waals surface area contributed by atoms with E-state index >= 15 is 0 Å². The second-order valence-corrected chi connectivity index (χ2v) is 3.94. The summed E-state index contributed by atoms with van der Waals surface area (Å²) in [6.07, 6.45) is 1.80. The van der Waals surface area contributed by atoms with Crippen LogP contribution in [0.15, 0.2) is 24.3 Å². The number of ether oxygens (including phenoxy) is 1. The zero-order valence-corrected chi connectivity index (χ0v) is 10.3. The normalized spacial score (nSPS) is 10.0. The largest absolute Gasteiger partial charge is 0.495 e. The number of para-hydroxylation sites is 2. The zero-order valence-electron chi connectivity index (χ0n) is 10.3. The fraction of sp³-hybridized carbons (Fsp3) is 0.462. The van der Waals surface area contributed by atoms with Gasteiger partial charge in [0.15, 0.2) is 0 Å². The molecule has 17 heavy (non-hydrogen) atoms. The molecule has 0 fully saturated rings. The van der Waals surface area contributed by atoms with Gasteiger partial charge in [0.2, 0.25) is 0 Å². The van der Waals surface area contributed by atoms with Crippen molar-refractivity contribution in [1.29, 1.82) is 0 Å². The lowest BCUT2D eigenvalue weighted by molar-refractivity contribution is -0.137. The highest BCUT2D eigenvalue weighted by Gasteiger charge is 2.06. The molecule has 4 heteroatoms. The van der Waals surface area contributed by atoms with Crippen LogP contribution >= 0.6 is 0 Å². The number of carbonyl (C=O) groups is 1. The third kappa shape index (κ3) is 4.34. The average molecular weight is 237 g/mol. The smallest absolute Gasteiger partial charge is 0.303 e. The summed E-state index contributed by atoms with van der Waals surface area (Å²) in [6, 6.07) is 7.81. The lowest BCUT2D eigenvalue weighted by atomic mass is 10.2. The van der Waals surface area contributed by atoms with E-state index in [0.29, 0.717) is 6.42 Å². The highest BCUT2D eigenvalue weighted by Crippen LogP contribution is 2.26. The molecule has 0 radical (unpaired) electrons. The van der Waals surface area contributed by atoms with Crippen molar-refractivity contribution in [3.05, 3.63) is 24.3 Å². The van der Waals surface area contributed by atoms with E-state index in [0.717, 1.165) is 24.4 Å². The van der Waals surface area contributed by atoms with Gasteiger partial charge in [0.25, 0.3) is 0 Å². The van der Waals surface area contributed by atoms with E-state index in [1.807, 2.05) is 31.3 Å². The summed E-state index contributed by atoms with van der Waals surface area (Å²) in [7, 11) is 3.63. The highest BCUT2D eigenvalue weighted by molar-refractivity contribution is 5.66. The van der Waals surface area contributed by atoms with Gasteiger partial charge in [-0.1, -0.05) is 12.1 Å². The van der Waals surface area contributed by atoms with Gasteiger partial charge in [-0.3, -0.25) is 4.79 Å². The first kappa shape index (κ1) is 13.4. The Hall–Kier alpha value is -1.71. The number of carboxylic acids is 1. The molecule has 1 rings (SSSR count). The van der Waals surface area contributed by atoms with Gasteiger partial charge in [-0.25, -0.2) is 0 Å². The molecule has 0 aliphatic heterocycles. The van der Waals surface area contributed by atoms with E-state index in [2.05, 4.69) is 4.90 Å². The second-order valence-electron chi connectivity index (χ2n) is 3.94. The standard InChI is InChI=1S/C13H19NO3/c1-14(10-6-5-9-13(15)16)11-7-3-4-8-12(11)17-2/h3-4,7-8H,5-6,9-10H2,1-2H3,(H,15,16). The van der Waals surface area contributed by atoms with Crippen molar-refractivity contribution < 1.29 is 14.6 Å². The molecule has 0 amide bonds. The van der Waals surface area contributed by atoms with Crippen LogP contribution in [0.25, 0.3) is 0 Å². The van der Waals surface area contributed by atoms with Crippen LogP contribution in [0.4, 0.5) is 5.69 Å². The van der Waals surface area contributed by atoms with Crippen molar-refractivity contribution in [2.45, 2.75) is 19.3 Å². The van der Waals surface area contributed by atoms with Gasteiger partial charge < -0.3 is 14.7 Å². The highest BCUT2D eigenvalue weighted by atomic mass is 16.5. The van der Waals surface area contributed by atoms with Crippen LogP contribution in [0.1, 0.15) is 19.3 Å². The first-order valence-corrected chi connectivity index (χ1v) is 5.71. The van der Waals surface area contributed by atoms with Crippen LogP contribution in [0.3, 0.4) is 0 Å². The Morgan fingerprint density at radius 1 is 1.35 bits per heavy atom. The Labute approximate surface area is 102 Å². The number of benzene rings is 1. The van der Waals surface area contributed by atoms with Crippen molar-refractivity contribution in [2.24, 2.45) is 0 Å². The minimum Gasteiger partial charge on any atom is -0.495 e. The van der Waals surface area contributed by atoms with Gasteiger partial charge in [-0.15, -0.1) is 0 Å². The maximum Gasteiger partial charge on any atom is 0.303 e. The van der Waals surface area contributed by atoms with Crippen LogP contribution in [0.2, 0.25) is 0 Å². The van der Waals surface area contributed by atoms with Crippen molar-refractivity contribution >= 4 is 11.7 Å². The number of methoxy groups -OCH3 is 1. The van der Waals surface area contributed by atoms with Crippen LogP contribution in [-0.4, -0.2) is 31.8 Å². The third-order valence-corrected chi connectivity index (χ3v) is 2.63. The molecular weight excluding hydrogens is 218 g/mol. The fourth-order valence-electron chi connectivity index (χ4n) is 1.69. The molecular formula is C13H19NO3. The Morgan fingerprint density at radius 3 is 2.71 bits per heavy atom. The number of hydrogen-bond donors (Lipinski definition) is 1. The minimum absolute atomic E-state index is 0.236. The van der Waals surface area contributed by atoms with Gasteiger partial charge in [0.05, 0.1) is 12.8 Å². The molecule has 4 nitrogen and oxygen atoms in total. The lowest BCUT2D eigenvalue weighted by Crippen LogP contribution is -2.19. The molecule has 0 spiro atoms. The van der Waals surface area contributed by atoms with Crippen LogP contribution < -0.4 is 9.64 Å². The van der Waals surface area contributed by atoms with Crippen molar-refractivity contribution in [2.75, 3.05) is 25.6 Å².